The molecule has 0 saturated carbocycles. The molecule has 0 aliphatic rings. The van der Waals surface area contributed by atoms with E-state index in [9.17, 15) is 4.79 Å². The van der Waals surface area contributed by atoms with Crippen molar-refractivity contribution < 1.29 is 4.79 Å². The van der Waals surface area contributed by atoms with Gasteiger partial charge in [-0.2, -0.15) is 0 Å². The molecule has 0 saturated heterocycles. The molecule has 1 rings (SSSR count). The Morgan fingerprint density at radius 2 is 2.31 bits per heavy atom. The number of amides is 1. The first-order chi connectivity index (χ1) is 7.54. The van der Waals surface area contributed by atoms with Gasteiger partial charge in [-0.3, -0.25) is 4.79 Å². The van der Waals surface area contributed by atoms with E-state index in [1.807, 2.05) is 13.8 Å². The second kappa shape index (κ2) is 6.01. The summed E-state index contributed by atoms with van der Waals surface area (Å²) in [5, 5.41) is 3.26. The monoisotopic (exact) mass is 258 g/mol. The number of carbonyl (C=O) groups is 1. The van der Waals surface area contributed by atoms with Crippen molar-refractivity contribution in [1.82, 2.24) is 0 Å². The highest BCUT2D eigenvalue weighted by atomic mass is 35.5. The minimum Gasteiger partial charge on any atom is -0.397 e. The van der Waals surface area contributed by atoms with Crippen LogP contribution in [0.4, 0.5) is 11.4 Å². The zero-order valence-electron chi connectivity index (χ0n) is 9.29. The maximum atomic E-state index is 11.7. The van der Waals surface area contributed by atoms with Gasteiger partial charge in [0, 0.05) is 5.02 Å². The van der Waals surface area contributed by atoms with Gasteiger partial charge in [0.1, 0.15) is 0 Å². The minimum absolute atomic E-state index is 0.0409. The zero-order chi connectivity index (χ0) is 12.1. The van der Waals surface area contributed by atoms with E-state index in [-0.39, 0.29) is 11.2 Å². The van der Waals surface area contributed by atoms with Crippen LogP contribution in [-0.4, -0.2) is 16.9 Å². The van der Waals surface area contributed by atoms with Crippen LogP contribution >= 0.6 is 23.4 Å². The van der Waals surface area contributed by atoms with Gasteiger partial charge in [0.05, 0.1) is 16.6 Å². The molecule has 3 N–H and O–H groups in total. The molecule has 3 nitrogen and oxygen atoms in total. The van der Waals surface area contributed by atoms with E-state index in [0.717, 1.165) is 5.75 Å². The lowest BCUT2D eigenvalue weighted by molar-refractivity contribution is -0.115. The molecule has 1 atom stereocenters. The number of benzene rings is 1. The maximum Gasteiger partial charge on any atom is 0.237 e. The molecule has 16 heavy (non-hydrogen) atoms. The Kier molecular flexibility index (Phi) is 4.96. The average molecular weight is 259 g/mol. The van der Waals surface area contributed by atoms with Gasteiger partial charge < -0.3 is 11.1 Å². The molecular weight excluding hydrogens is 244 g/mol. The van der Waals surface area contributed by atoms with Crippen LogP contribution in [0.15, 0.2) is 18.2 Å². The Balaban J connectivity index is 2.69. The lowest BCUT2D eigenvalue weighted by Crippen LogP contribution is -2.23. The Bertz CT molecular complexity index is 384. The first-order valence-corrected chi connectivity index (χ1v) is 6.44. The minimum atomic E-state index is -0.0833. The summed E-state index contributed by atoms with van der Waals surface area (Å²) in [7, 11) is 0. The van der Waals surface area contributed by atoms with Crippen molar-refractivity contribution in [3.8, 4) is 0 Å². The van der Waals surface area contributed by atoms with Gasteiger partial charge in [0.2, 0.25) is 5.91 Å². The number of thioether (sulfide) groups is 1. The lowest BCUT2D eigenvalue weighted by Gasteiger charge is -2.12. The van der Waals surface area contributed by atoms with Crippen LogP contribution in [0.25, 0.3) is 0 Å². The zero-order valence-corrected chi connectivity index (χ0v) is 10.9. The molecule has 5 heteroatoms. The third kappa shape index (κ3) is 3.61. The number of nitrogens with two attached hydrogens (primary N) is 1. The maximum absolute atomic E-state index is 11.7. The molecule has 0 aromatic heterocycles. The van der Waals surface area contributed by atoms with Crippen molar-refractivity contribution >= 4 is 40.6 Å². The molecule has 1 amide bonds. The van der Waals surface area contributed by atoms with Crippen LogP contribution in [-0.2, 0) is 4.79 Å². The van der Waals surface area contributed by atoms with Crippen LogP contribution in [0.2, 0.25) is 5.02 Å². The van der Waals surface area contributed by atoms with Crippen molar-refractivity contribution in [1.29, 1.82) is 0 Å². The van der Waals surface area contributed by atoms with Gasteiger partial charge in [0.25, 0.3) is 0 Å². The van der Waals surface area contributed by atoms with Crippen molar-refractivity contribution in [3.63, 3.8) is 0 Å². The summed E-state index contributed by atoms with van der Waals surface area (Å²) < 4.78 is 0. The fraction of sp³-hybridized carbons (Fsp3) is 0.364. The summed E-state index contributed by atoms with van der Waals surface area (Å²) in [6, 6.07) is 5.03. The van der Waals surface area contributed by atoms with E-state index in [1.54, 1.807) is 30.0 Å². The van der Waals surface area contributed by atoms with Crippen LogP contribution in [0.3, 0.4) is 0 Å². The lowest BCUT2D eigenvalue weighted by atomic mass is 10.2. The summed E-state index contributed by atoms with van der Waals surface area (Å²) in [5.74, 6) is 0.867. The summed E-state index contributed by atoms with van der Waals surface area (Å²) in [6.07, 6.45) is 0. The molecule has 1 unspecified atom stereocenters. The standard InChI is InChI=1S/C11H15ClN2OS/c1-3-16-7(2)11(15)14-10-5-4-8(12)6-9(10)13/h4-7H,3,13H2,1-2H3,(H,14,15). The van der Waals surface area contributed by atoms with E-state index in [4.69, 9.17) is 17.3 Å². The number of carbonyl (C=O) groups excluding carboxylic acids is 1. The number of anilines is 2. The highest BCUT2D eigenvalue weighted by molar-refractivity contribution is 8.00. The van der Waals surface area contributed by atoms with E-state index >= 15 is 0 Å². The number of nitrogens with one attached hydrogen (secondary N) is 1. The van der Waals surface area contributed by atoms with Crippen LogP contribution in [0.5, 0.6) is 0 Å². The highest BCUT2D eigenvalue weighted by Gasteiger charge is 2.13. The number of nitrogen functional groups attached to an aromatic ring is 1. The second-order valence-electron chi connectivity index (χ2n) is 3.32. The Morgan fingerprint density at radius 1 is 1.62 bits per heavy atom. The first kappa shape index (κ1) is 13.2. The molecule has 0 radical (unpaired) electrons. The molecule has 1 aromatic rings. The van der Waals surface area contributed by atoms with Crippen molar-refractivity contribution in [3.05, 3.63) is 23.2 Å². The quantitative estimate of drug-likeness (QED) is 0.817. The summed E-state index contributed by atoms with van der Waals surface area (Å²) in [4.78, 5) is 11.7. The number of halogens is 1. The number of rotatable bonds is 4. The number of hydrogen-bond acceptors (Lipinski definition) is 3. The van der Waals surface area contributed by atoms with Gasteiger partial charge in [-0.05, 0) is 30.9 Å². The van der Waals surface area contributed by atoms with Gasteiger partial charge >= 0.3 is 0 Å². The third-order valence-electron chi connectivity index (χ3n) is 2.06. The fourth-order valence-electron chi connectivity index (χ4n) is 1.21. The smallest absolute Gasteiger partial charge is 0.237 e. The first-order valence-electron chi connectivity index (χ1n) is 5.02. The van der Waals surface area contributed by atoms with Crippen molar-refractivity contribution in [2.75, 3.05) is 16.8 Å². The topological polar surface area (TPSA) is 55.1 Å². The molecule has 88 valence electrons. The Morgan fingerprint density at radius 3 is 2.88 bits per heavy atom. The predicted octanol–water partition coefficient (Wildman–Crippen LogP) is 3.00. The fourth-order valence-corrected chi connectivity index (χ4v) is 2.10. The molecule has 0 aliphatic carbocycles. The number of hydrogen-bond donors (Lipinski definition) is 2. The van der Waals surface area contributed by atoms with Crippen LogP contribution in [0.1, 0.15) is 13.8 Å². The summed E-state index contributed by atoms with van der Waals surface area (Å²) in [6.45, 7) is 3.89. The molecule has 1 aromatic carbocycles. The average Bonchev–Trinajstić information content (AvgIpc) is 2.22. The normalized spacial score (nSPS) is 12.2. The van der Waals surface area contributed by atoms with Crippen LogP contribution < -0.4 is 11.1 Å². The van der Waals surface area contributed by atoms with Gasteiger partial charge in [-0.1, -0.05) is 18.5 Å². The largest absolute Gasteiger partial charge is 0.397 e. The van der Waals surface area contributed by atoms with Gasteiger partial charge in [0.15, 0.2) is 0 Å². The molecule has 0 bridgehead atoms. The van der Waals surface area contributed by atoms with Gasteiger partial charge in [-0.25, -0.2) is 0 Å². The molecule has 0 aliphatic heterocycles. The predicted molar refractivity (Wildman–Crippen MR) is 72.1 cm³/mol. The Labute approximate surface area is 105 Å². The highest BCUT2D eigenvalue weighted by Crippen LogP contribution is 2.23. The van der Waals surface area contributed by atoms with Crippen LogP contribution in [0, 0.1) is 0 Å². The summed E-state index contributed by atoms with van der Waals surface area (Å²) in [5.41, 5.74) is 6.83. The molecule has 0 fully saturated rings. The van der Waals surface area contributed by atoms with Crippen molar-refractivity contribution in [2.24, 2.45) is 0 Å². The van der Waals surface area contributed by atoms with Gasteiger partial charge in [-0.15, -0.1) is 11.8 Å². The summed E-state index contributed by atoms with van der Waals surface area (Å²) >= 11 is 7.36. The molecule has 0 spiro atoms. The molecule has 0 heterocycles. The van der Waals surface area contributed by atoms with E-state index in [0.29, 0.717) is 16.4 Å². The van der Waals surface area contributed by atoms with Crippen molar-refractivity contribution in [2.45, 2.75) is 19.1 Å². The van der Waals surface area contributed by atoms with E-state index in [2.05, 4.69) is 5.32 Å². The molecular formula is C11H15ClN2OS. The SMILES string of the molecule is CCSC(C)C(=O)Nc1ccc(Cl)cc1N. The third-order valence-corrected chi connectivity index (χ3v) is 3.34. The second-order valence-corrected chi connectivity index (χ2v) is 5.37. The van der Waals surface area contributed by atoms with E-state index in [1.165, 1.54) is 0 Å². The van der Waals surface area contributed by atoms with E-state index < -0.39 is 0 Å². The Hall–Kier alpha value is -0.870.